The molecule has 1 saturated heterocycles. The number of hydrogen-bond donors (Lipinski definition) is 2. The molecule has 1 aliphatic heterocycles. The van der Waals surface area contributed by atoms with Crippen LogP contribution in [0.2, 0.25) is 5.02 Å². The van der Waals surface area contributed by atoms with Crippen molar-refractivity contribution in [2.75, 3.05) is 7.11 Å². The van der Waals surface area contributed by atoms with Crippen LogP contribution >= 0.6 is 11.6 Å². The number of carbonyl (C=O) groups excluding carboxylic acids is 3. The molecular formula is C26H21ClN2O6. The zero-order valence-corrected chi connectivity index (χ0v) is 19.4. The Morgan fingerprint density at radius 3 is 2.14 bits per heavy atom. The standard InChI is InChI=1S/C26H21ClN2O6/c1-33-23-11-17(7-9-22(23)35-14-16-5-3-2-4-6-16)15-34-21-10-8-19(27)12-18(21)13-20-24(30)28-26(32)29-25(20)31/h2-13H,14-15H2,1H3,(H2,28,29,30,31,32). The first-order valence-corrected chi connectivity index (χ1v) is 10.9. The molecule has 0 bridgehead atoms. The van der Waals surface area contributed by atoms with Crippen LogP contribution in [0.25, 0.3) is 6.08 Å². The minimum Gasteiger partial charge on any atom is -0.493 e. The second-order valence-corrected chi connectivity index (χ2v) is 7.96. The Morgan fingerprint density at radius 2 is 1.43 bits per heavy atom. The average molecular weight is 493 g/mol. The number of methoxy groups -OCH3 is 1. The second kappa shape index (κ2) is 10.8. The molecule has 8 nitrogen and oxygen atoms in total. The fourth-order valence-electron chi connectivity index (χ4n) is 3.34. The lowest BCUT2D eigenvalue weighted by atomic mass is 10.1. The smallest absolute Gasteiger partial charge is 0.328 e. The van der Waals surface area contributed by atoms with Gasteiger partial charge in [0.05, 0.1) is 7.11 Å². The highest BCUT2D eigenvalue weighted by Gasteiger charge is 2.28. The number of imide groups is 2. The molecule has 0 unspecified atom stereocenters. The van der Waals surface area contributed by atoms with Crippen molar-refractivity contribution in [1.82, 2.24) is 10.6 Å². The van der Waals surface area contributed by atoms with Gasteiger partial charge in [0, 0.05) is 10.6 Å². The molecule has 0 atom stereocenters. The summed E-state index contributed by atoms with van der Waals surface area (Å²) in [5.41, 5.74) is 2.01. The lowest BCUT2D eigenvalue weighted by Crippen LogP contribution is -2.51. The monoisotopic (exact) mass is 492 g/mol. The number of ether oxygens (including phenoxy) is 3. The summed E-state index contributed by atoms with van der Waals surface area (Å²) in [4.78, 5) is 35.5. The van der Waals surface area contributed by atoms with Gasteiger partial charge in [-0.05, 0) is 47.5 Å². The Morgan fingerprint density at radius 1 is 0.771 bits per heavy atom. The highest BCUT2D eigenvalue weighted by atomic mass is 35.5. The Balaban J connectivity index is 1.49. The van der Waals surface area contributed by atoms with Crippen molar-refractivity contribution in [3.05, 3.63) is 94.0 Å². The van der Waals surface area contributed by atoms with Gasteiger partial charge >= 0.3 is 6.03 Å². The first kappa shape index (κ1) is 23.8. The number of amides is 4. The molecule has 0 aliphatic carbocycles. The van der Waals surface area contributed by atoms with Gasteiger partial charge in [0.25, 0.3) is 11.8 Å². The van der Waals surface area contributed by atoms with Crippen LogP contribution in [0.4, 0.5) is 4.79 Å². The van der Waals surface area contributed by atoms with E-state index in [0.29, 0.717) is 34.4 Å². The summed E-state index contributed by atoms with van der Waals surface area (Å²) in [7, 11) is 1.56. The van der Waals surface area contributed by atoms with E-state index in [9.17, 15) is 14.4 Å². The SMILES string of the molecule is COc1cc(COc2ccc(Cl)cc2C=C2C(=O)NC(=O)NC2=O)ccc1OCc1ccccc1. The highest BCUT2D eigenvalue weighted by Crippen LogP contribution is 2.31. The second-order valence-electron chi connectivity index (χ2n) is 7.53. The largest absolute Gasteiger partial charge is 0.493 e. The van der Waals surface area contributed by atoms with E-state index in [0.717, 1.165) is 11.1 Å². The van der Waals surface area contributed by atoms with Crippen LogP contribution < -0.4 is 24.8 Å². The summed E-state index contributed by atoms with van der Waals surface area (Å²) in [5.74, 6) is -0.0645. The number of halogens is 1. The van der Waals surface area contributed by atoms with Crippen molar-refractivity contribution in [2.45, 2.75) is 13.2 Å². The minimum atomic E-state index is -0.871. The molecule has 2 N–H and O–H groups in total. The van der Waals surface area contributed by atoms with Crippen molar-refractivity contribution in [3.8, 4) is 17.2 Å². The Kier molecular flexibility index (Phi) is 7.32. The molecule has 178 valence electrons. The van der Waals surface area contributed by atoms with Gasteiger partial charge in [-0.3, -0.25) is 20.2 Å². The summed E-state index contributed by atoms with van der Waals surface area (Å²) < 4.78 is 17.3. The Bertz CT molecular complexity index is 1280. The molecule has 9 heteroatoms. The number of nitrogens with one attached hydrogen (secondary N) is 2. The molecule has 3 aromatic carbocycles. The predicted molar refractivity (Wildman–Crippen MR) is 129 cm³/mol. The van der Waals surface area contributed by atoms with Gasteiger partial charge in [0.2, 0.25) is 0 Å². The maximum absolute atomic E-state index is 12.1. The third-order valence-corrected chi connectivity index (χ3v) is 5.31. The molecule has 4 rings (SSSR count). The van der Waals surface area contributed by atoms with Crippen LogP contribution in [0.15, 0.2) is 72.3 Å². The van der Waals surface area contributed by atoms with Gasteiger partial charge in [0.1, 0.15) is 24.5 Å². The number of urea groups is 1. The van der Waals surface area contributed by atoms with Crippen LogP contribution in [-0.4, -0.2) is 25.0 Å². The molecule has 0 radical (unpaired) electrons. The third-order valence-electron chi connectivity index (χ3n) is 5.07. The maximum atomic E-state index is 12.1. The van der Waals surface area contributed by atoms with E-state index < -0.39 is 17.8 Å². The maximum Gasteiger partial charge on any atom is 0.328 e. The van der Waals surface area contributed by atoms with Crippen LogP contribution in [0.1, 0.15) is 16.7 Å². The summed E-state index contributed by atoms with van der Waals surface area (Å²) in [6, 6.07) is 19.2. The third kappa shape index (κ3) is 5.99. The molecule has 1 fully saturated rings. The predicted octanol–water partition coefficient (Wildman–Crippen LogP) is 4.26. The lowest BCUT2D eigenvalue weighted by Gasteiger charge is -2.16. The van der Waals surface area contributed by atoms with E-state index >= 15 is 0 Å². The zero-order valence-electron chi connectivity index (χ0n) is 18.7. The van der Waals surface area contributed by atoms with Gasteiger partial charge in [-0.1, -0.05) is 48.0 Å². The summed E-state index contributed by atoms with van der Waals surface area (Å²) in [6.07, 6.45) is 1.32. The van der Waals surface area contributed by atoms with Gasteiger partial charge in [-0.2, -0.15) is 0 Å². The molecule has 0 aromatic heterocycles. The molecule has 35 heavy (non-hydrogen) atoms. The Labute approximate surface area is 206 Å². The minimum absolute atomic E-state index is 0.171. The van der Waals surface area contributed by atoms with Gasteiger partial charge < -0.3 is 14.2 Å². The van der Waals surface area contributed by atoms with Crippen molar-refractivity contribution < 1.29 is 28.6 Å². The number of benzene rings is 3. The van der Waals surface area contributed by atoms with Gasteiger partial charge in [-0.25, -0.2) is 4.79 Å². The molecule has 1 heterocycles. The molecule has 0 saturated carbocycles. The molecule has 4 amide bonds. The summed E-state index contributed by atoms with van der Waals surface area (Å²) in [5, 5.41) is 4.45. The van der Waals surface area contributed by atoms with Crippen LogP contribution in [-0.2, 0) is 22.8 Å². The quantitative estimate of drug-likeness (QED) is 0.360. The van der Waals surface area contributed by atoms with E-state index in [2.05, 4.69) is 0 Å². The number of rotatable bonds is 8. The normalized spacial score (nSPS) is 13.1. The van der Waals surface area contributed by atoms with Crippen LogP contribution in [0.5, 0.6) is 17.2 Å². The Hall–Kier alpha value is -4.30. The summed E-state index contributed by atoms with van der Waals surface area (Å²) >= 11 is 6.11. The van der Waals surface area contributed by atoms with E-state index in [4.69, 9.17) is 25.8 Å². The molecule has 0 spiro atoms. The van der Waals surface area contributed by atoms with Crippen LogP contribution in [0.3, 0.4) is 0 Å². The van der Waals surface area contributed by atoms with Gasteiger partial charge in [0.15, 0.2) is 11.5 Å². The fraction of sp³-hybridized carbons (Fsp3) is 0.115. The molecule has 1 aliphatic rings. The topological polar surface area (TPSA) is 103 Å². The van der Waals surface area contributed by atoms with E-state index in [1.54, 1.807) is 31.4 Å². The van der Waals surface area contributed by atoms with Crippen molar-refractivity contribution in [2.24, 2.45) is 0 Å². The van der Waals surface area contributed by atoms with E-state index in [1.807, 2.05) is 53.1 Å². The highest BCUT2D eigenvalue weighted by molar-refractivity contribution is 6.32. The first-order chi connectivity index (χ1) is 16.9. The molecular weight excluding hydrogens is 472 g/mol. The van der Waals surface area contributed by atoms with E-state index in [-0.39, 0.29) is 12.2 Å². The zero-order chi connectivity index (χ0) is 24.8. The molecule has 3 aromatic rings. The number of barbiturate groups is 1. The van der Waals surface area contributed by atoms with Crippen LogP contribution in [0, 0.1) is 0 Å². The van der Waals surface area contributed by atoms with E-state index in [1.165, 1.54) is 6.08 Å². The van der Waals surface area contributed by atoms with Crippen molar-refractivity contribution in [3.63, 3.8) is 0 Å². The summed E-state index contributed by atoms with van der Waals surface area (Å²) in [6.45, 7) is 0.576. The van der Waals surface area contributed by atoms with Gasteiger partial charge in [-0.15, -0.1) is 0 Å². The number of hydrogen-bond acceptors (Lipinski definition) is 6. The fourth-order valence-corrected chi connectivity index (χ4v) is 3.52. The first-order valence-electron chi connectivity index (χ1n) is 10.6. The average Bonchev–Trinajstić information content (AvgIpc) is 2.85. The number of carbonyl (C=O) groups is 3. The van der Waals surface area contributed by atoms with Crippen molar-refractivity contribution in [1.29, 1.82) is 0 Å². The lowest BCUT2D eigenvalue weighted by molar-refractivity contribution is -0.123. The van der Waals surface area contributed by atoms with Crippen molar-refractivity contribution >= 4 is 35.5 Å².